The van der Waals surface area contributed by atoms with Gasteiger partial charge in [-0.2, -0.15) is 0 Å². The van der Waals surface area contributed by atoms with Crippen molar-refractivity contribution in [2.24, 2.45) is 11.8 Å². The summed E-state index contributed by atoms with van der Waals surface area (Å²) in [4.78, 5) is 44.4. The molecule has 1 heterocycles. The third kappa shape index (κ3) is 3.13. The summed E-state index contributed by atoms with van der Waals surface area (Å²) in [5, 5.41) is 0. The summed E-state index contributed by atoms with van der Waals surface area (Å²) >= 11 is 0. The Morgan fingerprint density at radius 3 is 1.30 bits per heavy atom. The van der Waals surface area contributed by atoms with Crippen molar-refractivity contribution in [3.8, 4) is 0 Å². The van der Waals surface area contributed by atoms with Gasteiger partial charge in [-0.25, -0.2) is 0 Å². The van der Waals surface area contributed by atoms with Gasteiger partial charge in [0.25, 0.3) is 5.91 Å². The lowest BCUT2D eigenvalue weighted by Crippen LogP contribution is -2.41. The van der Waals surface area contributed by atoms with Crippen LogP contribution in [0.1, 0.15) is 34.1 Å². The largest absolute Gasteiger partial charge is 0.280 e. The summed E-state index contributed by atoms with van der Waals surface area (Å²) in [5.74, 6) is -2.16. The zero-order valence-electron chi connectivity index (χ0n) is 20.0. The van der Waals surface area contributed by atoms with E-state index < -0.39 is 11.8 Å². The van der Waals surface area contributed by atoms with Crippen molar-refractivity contribution in [1.82, 2.24) is 4.90 Å². The van der Waals surface area contributed by atoms with E-state index in [9.17, 15) is 14.4 Å². The number of benzene rings is 4. The summed E-state index contributed by atoms with van der Waals surface area (Å²) in [6, 6.07) is 35.0. The van der Waals surface area contributed by atoms with Crippen molar-refractivity contribution < 1.29 is 14.4 Å². The molecule has 1 fully saturated rings. The molecule has 5 nitrogen and oxygen atoms in total. The molecule has 5 heteroatoms. The number of para-hydroxylation sites is 2. The second-order valence-corrected chi connectivity index (χ2v) is 9.93. The van der Waals surface area contributed by atoms with Crippen molar-refractivity contribution in [3.63, 3.8) is 0 Å². The number of rotatable bonds is 4. The van der Waals surface area contributed by atoms with Crippen LogP contribution in [0.5, 0.6) is 0 Å². The van der Waals surface area contributed by atoms with Gasteiger partial charge >= 0.3 is 0 Å². The van der Waals surface area contributed by atoms with Gasteiger partial charge in [-0.3, -0.25) is 24.2 Å². The highest BCUT2D eigenvalue weighted by Gasteiger charge is 2.61. The molecule has 0 N–H and O–H groups in total. The average molecular weight is 485 g/mol. The van der Waals surface area contributed by atoms with Crippen LogP contribution in [0, 0.1) is 11.8 Å². The zero-order chi connectivity index (χ0) is 25.1. The van der Waals surface area contributed by atoms with Gasteiger partial charge in [0.15, 0.2) is 0 Å². The number of imide groups is 1. The van der Waals surface area contributed by atoms with E-state index in [4.69, 9.17) is 0 Å². The molecule has 37 heavy (non-hydrogen) atoms. The van der Waals surface area contributed by atoms with Crippen LogP contribution in [0.4, 0.5) is 11.4 Å². The smallest absolute Gasteiger partial charge is 0.251 e. The Kier molecular flexibility index (Phi) is 4.86. The number of hydrogen-bond acceptors (Lipinski definition) is 3. The Hall–Kier alpha value is -4.51. The molecule has 1 saturated heterocycles. The molecule has 8 rings (SSSR count). The first-order valence-corrected chi connectivity index (χ1v) is 12.6. The molecule has 4 aromatic rings. The van der Waals surface area contributed by atoms with Crippen LogP contribution in [0.3, 0.4) is 0 Å². The first-order valence-electron chi connectivity index (χ1n) is 12.6. The summed E-state index contributed by atoms with van der Waals surface area (Å²) in [7, 11) is 0. The first-order chi connectivity index (χ1) is 18.1. The molecule has 4 aromatic carbocycles. The maximum Gasteiger partial charge on any atom is 0.251 e. The number of carbonyl (C=O) groups excluding carboxylic acids is 3. The molecular formula is C32H24N2O3. The molecular weight excluding hydrogens is 460 g/mol. The van der Waals surface area contributed by atoms with Gasteiger partial charge in [-0.05, 0) is 46.5 Å². The standard InChI is InChI=1S/C32H24N2O3/c35-26(34(20-11-3-1-4-12-20)21-13-5-2-6-14-21)19-33-31(36)29-27-22-15-7-8-16-23(22)28(30(29)32(33)37)25-18-10-9-17-24(25)27/h1-18,27-30H,19H2/t27?,28?,29-,30-/m0/s1. The van der Waals surface area contributed by atoms with Gasteiger partial charge in [-0.1, -0.05) is 84.9 Å². The average Bonchev–Trinajstić information content (AvgIpc) is 3.20. The quantitative estimate of drug-likeness (QED) is 0.372. The number of carbonyl (C=O) groups is 3. The van der Waals surface area contributed by atoms with E-state index in [-0.39, 0.29) is 36.1 Å². The van der Waals surface area contributed by atoms with Crippen LogP contribution >= 0.6 is 0 Å². The number of anilines is 2. The maximum absolute atomic E-state index is 13.9. The third-order valence-corrected chi connectivity index (χ3v) is 8.11. The fourth-order valence-corrected chi connectivity index (χ4v) is 6.69. The van der Waals surface area contributed by atoms with E-state index >= 15 is 0 Å². The Labute approximate surface area is 215 Å². The normalized spacial score (nSPS) is 22.9. The van der Waals surface area contributed by atoms with E-state index in [1.54, 1.807) is 4.90 Å². The van der Waals surface area contributed by atoms with Crippen LogP contribution in [-0.2, 0) is 14.4 Å². The Morgan fingerprint density at radius 2 is 0.919 bits per heavy atom. The van der Waals surface area contributed by atoms with E-state index in [0.717, 1.165) is 22.3 Å². The lowest BCUT2D eigenvalue weighted by molar-refractivity contribution is -0.143. The van der Waals surface area contributed by atoms with Gasteiger partial charge < -0.3 is 0 Å². The Bertz CT molecular complexity index is 1390. The second-order valence-electron chi connectivity index (χ2n) is 9.93. The minimum Gasteiger partial charge on any atom is -0.280 e. The summed E-state index contributed by atoms with van der Waals surface area (Å²) in [5.41, 5.74) is 5.87. The van der Waals surface area contributed by atoms with Crippen molar-refractivity contribution in [2.45, 2.75) is 11.8 Å². The number of likely N-dealkylation sites (tertiary alicyclic amines) is 1. The van der Waals surface area contributed by atoms with Gasteiger partial charge in [0, 0.05) is 23.2 Å². The van der Waals surface area contributed by atoms with Crippen LogP contribution in [0.2, 0.25) is 0 Å². The Morgan fingerprint density at radius 1 is 0.568 bits per heavy atom. The number of nitrogens with zero attached hydrogens (tertiary/aromatic N) is 2. The molecule has 0 radical (unpaired) electrons. The fourth-order valence-electron chi connectivity index (χ4n) is 6.69. The fraction of sp³-hybridized carbons (Fsp3) is 0.156. The molecule has 1 aliphatic heterocycles. The van der Waals surface area contributed by atoms with Crippen LogP contribution in [0.15, 0.2) is 109 Å². The molecule has 0 aromatic heterocycles. The molecule has 3 aliphatic carbocycles. The minimum absolute atomic E-state index is 0.182. The molecule has 0 spiro atoms. The second kappa shape index (κ2) is 8.27. The van der Waals surface area contributed by atoms with Crippen molar-refractivity contribution >= 4 is 29.1 Å². The van der Waals surface area contributed by atoms with E-state index in [0.29, 0.717) is 11.4 Å². The molecule has 0 saturated carbocycles. The lowest BCUT2D eigenvalue weighted by Gasteiger charge is -2.45. The van der Waals surface area contributed by atoms with Gasteiger partial charge in [0.2, 0.25) is 11.8 Å². The molecule has 180 valence electrons. The lowest BCUT2D eigenvalue weighted by atomic mass is 9.55. The topological polar surface area (TPSA) is 57.7 Å². The van der Waals surface area contributed by atoms with Gasteiger partial charge in [-0.15, -0.1) is 0 Å². The van der Waals surface area contributed by atoms with Gasteiger partial charge in [0.05, 0.1) is 11.8 Å². The van der Waals surface area contributed by atoms with Crippen LogP contribution in [0.25, 0.3) is 0 Å². The SMILES string of the molecule is O=C1[C@H]2C3c4ccccc4C(c4ccccc43)[C@@H]2C(=O)N1CC(=O)N(c1ccccc1)c1ccccc1. The van der Waals surface area contributed by atoms with Crippen molar-refractivity contribution in [1.29, 1.82) is 0 Å². The first kappa shape index (κ1) is 21.7. The predicted molar refractivity (Wildman–Crippen MR) is 140 cm³/mol. The Balaban J connectivity index is 1.27. The number of amides is 3. The summed E-state index contributed by atoms with van der Waals surface area (Å²) < 4.78 is 0. The zero-order valence-corrected chi connectivity index (χ0v) is 20.0. The minimum atomic E-state index is -0.489. The third-order valence-electron chi connectivity index (χ3n) is 8.11. The van der Waals surface area contributed by atoms with Gasteiger partial charge in [0.1, 0.15) is 6.54 Å². The molecule has 0 unspecified atom stereocenters. The van der Waals surface area contributed by atoms with Crippen molar-refractivity contribution in [2.75, 3.05) is 11.4 Å². The van der Waals surface area contributed by atoms with E-state index in [1.165, 1.54) is 4.90 Å². The van der Waals surface area contributed by atoms with E-state index in [2.05, 4.69) is 24.3 Å². The van der Waals surface area contributed by atoms with E-state index in [1.807, 2.05) is 84.9 Å². The van der Waals surface area contributed by atoms with Crippen molar-refractivity contribution in [3.05, 3.63) is 131 Å². The number of hydrogen-bond donors (Lipinski definition) is 0. The summed E-state index contributed by atoms with van der Waals surface area (Å²) in [6.07, 6.45) is 0. The van der Waals surface area contributed by atoms with Crippen LogP contribution in [-0.4, -0.2) is 29.2 Å². The molecule has 2 atom stereocenters. The molecule has 4 aliphatic rings. The molecule has 2 bridgehead atoms. The monoisotopic (exact) mass is 484 g/mol. The highest BCUT2D eigenvalue weighted by molar-refractivity contribution is 6.12. The maximum atomic E-state index is 13.9. The predicted octanol–water partition coefficient (Wildman–Crippen LogP) is 5.24. The highest BCUT2D eigenvalue weighted by atomic mass is 16.2. The summed E-state index contributed by atoms with van der Waals surface area (Å²) in [6.45, 7) is -0.291. The van der Waals surface area contributed by atoms with Crippen LogP contribution < -0.4 is 4.90 Å². The highest BCUT2D eigenvalue weighted by Crippen LogP contribution is 2.60. The molecule has 3 amide bonds.